The van der Waals surface area contributed by atoms with Crippen molar-refractivity contribution in [3.05, 3.63) is 64.1 Å². The van der Waals surface area contributed by atoms with Gasteiger partial charge in [0.25, 0.3) is 0 Å². The van der Waals surface area contributed by atoms with Crippen molar-refractivity contribution in [1.29, 1.82) is 0 Å². The van der Waals surface area contributed by atoms with E-state index in [0.29, 0.717) is 30.6 Å². The first-order valence-electron chi connectivity index (χ1n) is 9.05. The molecule has 0 saturated heterocycles. The van der Waals surface area contributed by atoms with E-state index in [9.17, 15) is 4.79 Å². The molecule has 0 unspecified atom stereocenters. The van der Waals surface area contributed by atoms with Gasteiger partial charge in [0.15, 0.2) is 0 Å². The molecular weight excluding hydrogens is 378 g/mol. The van der Waals surface area contributed by atoms with E-state index in [2.05, 4.69) is 15.3 Å². The maximum Gasteiger partial charge on any atom is 0.219 e. The smallest absolute Gasteiger partial charge is 0.219 e. The molecule has 1 aliphatic rings. The van der Waals surface area contributed by atoms with Crippen LogP contribution in [0.15, 0.2) is 36.4 Å². The van der Waals surface area contributed by atoms with Crippen molar-refractivity contribution in [1.82, 2.24) is 24.9 Å². The van der Waals surface area contributed by atoms with Crippen LogP contribution in [0.4, 0.5) is 0 Å². The summed E-state index contributed by atoms with van der Waals surface area (Å²) in [5, 5.41) is 9.04. The summed E-state index contributed by atoms with van der Waals surface area (Å²) < 4.78 is 7.68. The predicted molar refractivity (Wildman–Crippen MR) is 104 cm³/mol. The molecule has 0 N–H and O–H groups in total. The fourth-order valence-corrected chi connectivity index (χ4v) is 3.35. The summed E-state index contributed by atoms with van der Waals surface area (Å²) in [7, 11) is 0. The second-order valence-corrected chi connectivity index (χ2v) is 7.18. The Labute approximate surface area is 167 Å². The summed E-state index contributed by atoms with van der Waals surface area (Å²) in [5.74, 6) is 0.641. The first-order chi connectivity index (χ1) is 13.5. The number of hydrogen-bond donors (Lipinski definition) is 0. The zero-order valence-corrected chi connectivity index (χ0v) is 16.5. The van der Waals surface area contributed by atoms with Crippen LogP contribution < -0.4 is 4.74 Å². The lowest BCUT2D eigenvalue weighted by atomic mass is 10.1. The largest absolute Gasteiger partial charge is 0.471 e. The van der Waals surface area contributed by atoms with E-state index in [0.717, 1.165) is 34.8 Å². The van der Waals surface area contributed by atoms with Crippen molar-refractivity contribution in [2.45, 2.75) is 33.4 Å². The van der Waals surface area contributed by atoms with Gasteiger partial charge in [0, 0.05) is 37.5 Å². The van der Waals surface area contributed by atoms with Gasteiger partial charge in [-0.2, -0.15) is 0 Å². The van der Waals surface area contributed by atoms with Crippen molar-refractivity contribution < 1.29 is 9.53 Å². The van der Waals surface area contributed by atoms with Crippen LogP contribution in [-0.4, -0.2) is 37.3 Å². The molecule has 28 heavy (non-hydrogen) atoms. The summed E-state index contributed by atoms with van der Waals surface area (Å²) in [5.41, 5.74) is 4.56. The number of pyridine rings is 1. The van der Waals surface area contributed by atoms with Gasteiger partial charge in [-0.25, -0.2) is 9.67 Å². The number of aromatic nitrogens is 4. The minimum Gasteiger partial charge on any atom is -0.471 e. The summed E-state index contributed by atoms with van der Waals surface area (Å²) in [6, 6.07) is 11.2. The second-order valence-electron chi connectivity index (χ2n) is 6.74. The Morgan fingerprint density at radius 3 is 2.75 bits per heavy atom. The van der Waals surface area contributed by atoms with Gasteiger partial charge in [-0.05, 0) is 36.8 Å². The highest BCUT2D eigenvalue weighted by atomic mass is 35.5. The lowest BCUT2D eigenvalue weighted by molar-refractivity contribution is -0.129. The monoisotopic (exact) mass is 397 g/mol. The van der Waals surface area contributed by atoms with E-state index >= 15 is 0 Å². The molecule has 3 heterocycles. The fourth-order valence-electron chi connectivity index (χ4n) is 3.22. The molecule has 0 saturated carbocycles. The Morgan fingerprint density at radius 1 is 1.21 bits per heavy atom. The van der Waals surface area contributed by atoms with E-state index in [1.807, 2.05) is 48.2 Å². The van der Waals surface area contributed by atoms with E-state index in [4.69, 9.17) is 16.3 Å². The minimum atomic E-state index is 0.0874. The highest BCUT2D eigenvalue weighted by molar-refractivity contribution is 6.30. The molecule has 0 spiro atoms. The molecule has 1 amide bonds. The van der Waals surface area contributed by atoms with Crippen LogP contribution in [0.25, 0.3) is 5.69 Å². The van der Waals surface area contributed by atoms with Gasteiger partial charge in [0.2, 0.25) is 11.8 Å². The Bertz CT molecular complexity index is 1020. The average Bonchev–Trinajstić information content (AvgIpc) is 3.06. The number of nitrogens with zero attached hydrogens (tertiary/aromatic N) is 5. The lowest BCUT2D eigenvalue weighted by Crippen LogP contribution is -2.34. The Morgan fingerprint density at radius 2 is 2.00 bits per heavy atom. The van der Waals surface area contributed by atoms with E-state index in [1.54, 1.807) is 11.6 Å². The van der Waals surface area contributed by atoms with Gasteiger partial charge in [-0.15, -0.1) is 5.10 Å². The van der Waals surface area contributed by atoms with E-state index < -0.39 is 0 Å². The molecule has 1 aliphatic heterocycles. The number of aryl methyl sites for hydroxylation is 1. The molecule has 0 radical (unpaired) electrons. The number of ether oxygens (including phenoxy) is 1. The highest BCUT2D eigenvalue weighted by Gasteiger charge is 2.20. The maximum atomic E-state index is 11.6. The number of rotatable bonds is 4. The van der Waals surface area contributed by atoms with Gasteiger partial charge >= 0.3 is 0 Å². The number of fused-ring (bicyclic) bond motifs is 1. The standard InChI is InChI=1S/C20H20ClN5O2/c1-13-19(26(24-23-13)17-6-4-16(21)5-7-17)12-28-20-8-3-15-11-25(14(2)27)10-9-18(15)22-20/h3-8H,9-12H2,1-2H3. The maximum absolute atomic E-state index is 11.6. The molecule has 7 nitrogen and oxygen atoms in total. The molecule has 1 aromatic carbocycles. The van der Waals surface area contributed by atoms with Crippen molar-refractivity contribution in [2.24, 2.45) is 0 Å². The normalized spacial score (nSPS) is 13.3. The second kappa shape index (κ2) is 7.59. The van der Waals surface area contributed by atoms with Crippen molar-refractivity contribution in [2.75, 3.05) is 6.54 Å². The predicted octanol–water partition coefficient (Wildman–Crippen LogP) is 3.11. The summed E-state index contributed by atoms with van der Waals surface area (Å²) in [4.78, 5) is 18.0. The van der Waals surface area contributed by atoms with Gasteiger partial charge in [-0.3, -0.25) is 4.79 Å². The number of carbonyl (C=O) groups excluding carboxylic acids is 1. The van der Waals surface area contributed by atoms with Gasteiger partial charge in [-0.1, -0.05) is 22.9 Å². The zero-order chi connectivity index (χ0) is 19.7. The number of hydrogen-bond acceptors (Lipinski definition) is 5. The molecule has 0 fully saturated rings. The molecular formula is C20H20ClN5O2. The quantitative estimate of drug-likeness (QED) is 0.676. The summed E-state index contributed by atoms with van der Waals surface area (Å²) >= 11 is 5.97. The fraction of sp³-hybridized carbons (Fsp3) is 0.300. The van der Waals surface area contributed by atoms with E-state index in [-0.39, 0.29) is 5.91 Å². The van der Waals surface area contributed by atoms with Crippen molar-refractivity contribution in [3.8, 4) is 11.6 Å². The Kier molecular flexibility index (Phi) is 5.00. The topological polar surface area (TPSA) is 73.1 Å². The van der Waals surface area contributed by atoms with Crippen LogP contribution in [0.2, 0.25) is 5.02 Å². The SMILES string of the molecule is CC(=O)N1CCc2nc(OCc3c(C)nnn3-c3ccc(Cl)cc3)ccc2C1. The van der Waals surface area contributed by atoms with Crippen LogP contribution in [0.3, 0.4) is 0 Å². The molecule has 8 heteroatoms. The van der Waals surface area contributed by atoms with Crippen molar-refractivity contribution >= 4 is 17.5 Å². The van der Waals surface area contributed by atoms with Gasteiger partial charge in [0.1, 0.15) is 12.3 Å². The third-order valence-corrected chi connectivity index (χ3v) is 5.11. The molecule has 4 rings (SSSR count). The number of benzene rings is 1. The van der Waals surface area contributed by atoms with E-state index in [1.165, 1.54) is 0 Å². The first-order valence-corrected chi connectivity index (χ1v) is 9.43. The molecule has 2 aromatic heterocycles. The molecule has 0 bridgehead atoms. The first kappa shape index (κ1) is 18.4. The van der Waals surface area contributed by atoms with Crippen LogP contribution in [0, 0.1) is 6.92 Å². The number of carbonyl (C=O) groups is 1. The lowest BCUT2D eigenvalue weighted by Gasteiger charge is -2.27. The molecule has 0 atom stereocenters. The van der Waals surface area contributed by atoms with Crippen LogP contribution >= 0.6 is 11.6 Å². The third kappa shape index (κ3) is 3.71. The zero-order valence-electron chi connectivity index (χ0n) is 15.7. The van der Waals surface area contributed by atoms with Crippen molar-refractivity contribution in [3.63, 3.8) is 0 Å². The third-order valence-electron chi connectivity index (χ3n) is 4.85. The minimum absolute atomic E-state index is 0.0874. The van der Waals surface area contributed by atoms with Gasteiger partial charge < -0.3 is 9.64 Å². The molecule has 0 aliphatic carbocycles. The molecule has 144 valence electrons. The highest BCUT2D eigenvalue weighted by Crippen LogP contribution is 2.22. The number of amides is 1. The van der Waals surface area contributed by atoms with Gasteiger partial charge in [0.05, 0.1) is 17.1 Å². The number of halogens is 1. The Balaban J connectivity index is 1.51. The van der Waals surface area contributed by atoms with Crippen LogP contribution in [-0.2, 0) is 24.4 Å². The summed E-state index contributed by atoms with van der Waals surface area (Å²) in [6.45, 7) is 5.08. The molecule has 3 aromatic rings. The van der Waals surface area contributed by atoms with Crippen LogP contribution in [0.5, 0.6) is 5.88 Å². The summed E-state index contributed by atoms with van der Waals surface area (Å²) in [6.07, 6.45) is 0.732. The van der Waals surface area contributed by atoms with Crippen LogP contribution in [0.1, 0.15) is 29.6 Å². The Hall–Kier alpha value is -2.93. The average molecular weight is 398 g/mol.